The first-order chi connectivity index (χ1) is 12.0. The molecule has 130 valence electrons. The van der Waals surface area contributed by atoms with Gasteiger partial charge in [-0.1, -0.05) is 0 Å². The number of nitro benzene ring substituents is 1. The molecule has 0 aliphatic carbocycles. The lowest BCUT2D eigenvalue weighted by molar-refractivity contribution is -0.384. The smallest absolute Gasteiger partial charge is 0.293 e. The van der Waals surface area contributed by atoms with Crippen molar-refractivity contribution in [3.63, 3.8) is 0 Å². The summed E-state index contributed by atoms with van der Waals surface area (Å²) in [5, 5.41) is 11.5. The number of amides is 1. The van der Waals surface area contributed by atoms with Crippen LogP contribution in [0.3, 0.4) is 0 Å². The van der Waals surface area contributed by atoms with E-state index in [1.165, 1.54) is 12.1 Å². The molecule has 1 amide bonds. The van der Waals surface area contributed by atoms with Crippen molar-refractivity contribution in [1.82, 2.24) is 0 Å². The molecular weight excluding hydrogens is 326 g/mol. The summed E-state index contributed by atoms with van der Waals surface area (Å²) in [4.78, 5) is 34.9. The predicted molar refractivity (Wildman–Crippen MR) is 90.3 cm³/mol. The van der Waals surface area contributed by atoms with Crippen LogP contribution in [0.1, 0.15) is 23.4 Å². The Hall–Kier alpha value is -3.16. The Labute approximate surface area is 143 Å². The van der Waals surface area contributed by atoms with Crippen molar-refractivity contribution >= 4 is 23.6 Å². The zero-order valence-electron chi connectivity index (χ0n) is 13.4. The second-order valence-corrected chi connectivity index (χ2v) is 5.94. The lowest BCUT2D eigenvalue weighted by Gasteiger charge is -2.32. The van der Waals surface area contributed by atoms with Gasteiger partial charge in [0, 0.05) is 30.6 Å². The Bertz CT molecular complexity index is 821. The fourth-order valence-corrected chi connectivity index (χ4v) is 3.07. The average Bonchev–Trinajstić information content (AvgIpc) is 3.10. The third kappa shape index (κ3) is 3.37. The Kier molecular flexibility index (Phi) is 4.51. The van der Waals surface area contributed by atoms with E-state index in [1.54, 1.807) is 18.2 Å². The van der Waals surface area contributed by atoms with E-state index in [0.29, 0.717) is 49.2 Å². The first-order valence-electron chi connectivity index (χ1n) is 7.87. The molecule has 3 rings (SSSR count). The minimum atomic E-state index is -0.442. The zero-order chi connectivity index (χ0) is 18.0. The van der Waals surface area contributed by atoms with Crippen molar-refractivity contribution in [2.45, 2.75) is 12.8 Å². The molecule has 0 unspecified atom stereocenters. The number of nitrogens with two attached hydrogens (primary N) is 1. The van der Waals surface area contributed by atoms with Gasteiger partial charge in [0.25, 0.3) is 5.69 Å². The van der Waals surface area contributed by atoms with Crippen molar-refractivity contribution in [2.24, 2.45) is 11.7 Å². The first kappa shape index (κ1) is 16.7. The number of benzene rings is 1. The van der Waals surface area contributed by atoms with Gasteiger partial charge in [-0.2, -0.15) is 0 Å². The quantitative estimate of drug-likeness (QED) is 0.505. The Morgan fingerprint density at radius 3 is 2.56 bits per heavy atom. The Balaban J connectivity index is 1.89. The number of carbonyl (C=O) groups excluding carboxylic acids is 2. The molecule has 2 aromatic rings. The standard InChI is InChI=1S/C17H17N3O5/c18-17(22)11-5-7-19(8-6-11)14-3-1-12(9-15(14)20(23)24)16-4-2-13(10-21)25-16/h1-4,9-11H,5-8H2,(H2,18,22). The SMILES string of the molecule is NC(=O)C1CCN(c2ccc(-c3ccc(C=O)o3)cc2[N+](=O)[O-])CC1. The second kappa shape index (κ2) is 6.76. The number of rotatable bonds is 5. The minimum Gasteiger partial charge on any atom is -0.453 e. The fourth-order valence-electron chi connectivity index (χ4n) is 3.07. The number of furan rings is 1. The number of carbonyl (C=O) groups is 2. The second-order valence-electron chi connectivity index (χ2n) is 5.94. The van der Waals surface area contributed by atoms with Crippen molar-refractivity contribution in [3.8, 4) is 11.3 Å². The molecule has 1 saturated heterocycles. The van der Waals surface area contributed by atoms with E-state index in [1.807, 2.05) is 4.90 Å². The number of anilines is 1. The lowest BCUT2D eigenvalue weighted by Crippen LogP contribution is -2.38. The van der Waals surface area contributed by atoms with Crippen LogP contribution in [-0.4, -0.2) is 30.2 Å². The topological polar surface area (TPSA) is 120 Å². The van der Waals surface area contributed by atoms with Crippen molar-refractivity contribution in [3.05, 3.63) is 46.2 Å². The molecule has 1 fully saturated rings. The summed E-state index contributed by atoms with van der Waals surface area (Å²) in [6, 6.07) is 7.93. The van der Waals surface area contributed by atoms with Crippen LogP contribution in [-0.2, 0) is 4.79 Å². The predicted octanol–water partition coefficient (Wildman–Crippen LogP) is 2.37. The van der Waals surface area contributed by atoms with Crippen molar-refractivity contribution in [1.29, 1.82) is 0 Å². The molecule has 2 heterocycles. The van der Waals surface area contributed by atoms with Crippen LogP contribution in [0.5, 0.6) is 0 Å². The average molecular weight is 343 g/mol. The van der Waals surface area contributed by atoms with Gasteiger partial charge < -0.3 is 15.1 Å². The largest absolute Gasteiger partial charge is 0.453 e. The van der Waals surface area contributed by atoms with Gasteiger partial charge in [0.15, 0.2) is 12.0 Å². The number of nitrogens with zero attached hydrogens (tertiary/aromatic N) is 2. The molecule has 8 heteroatoms. The van der Waals surface area contributed by atoms with Crippen LogP contribution in [0.25, 0.3) is 11.3 Å². The maximum Gasteiger partial charge on any atom is 0.293 e. The van der Waals surface area contributed by atoms with Crippen LogP contribution in [0.4, 0.5) is 11.4 Å². The summed E-state index contributed by atoms with van der Waals surface area (Å²) in [5.41, 5.74) is 6.31. The summed E-state index contributed by atoms with van der Waals surface area (Å²) in [6.07, 6.45) is 1.74. The number of nitro groups is 1. The highest BCUT2D eigenvalue weighted by Gasteiger charge is 2.27. The molecule has 0 spiro atoms. The maximum atomic E-state index is 11.5. The number of primary amides is 1. The highest BCUT2D eigenvalue weighted by molar-refractivity contribution is 5.78. The van der Waals surface area contributed by atoms with E-state index in [0.717, 1.165) is 0 Å². The van der Waals surface area contributed by atoms with Gasteiger partial charge >= 0.3 is 0 Å². The van der Waals surface area contributed by atoms with Crippen LogP contribution < -0.4 is 10.6 Å². The molecule has 1 aliphatic heterocycles. The Morgan fingerprint density at radius 1 is 1.28 bits per heavy atom. The van der Waals surface area contributed by atoms with Crippen LogP contribution in [0, 0.1) is 16.0 Å². The van der Waals surface area contributed by atoms with Gasteiger partial charge in [-0.25, -0.2) is 0 Å². The minimum absolute atomic E-state index is 0.0425. The van der Waals surface area contributed by atoms with E-state index < -0.39 is 4.92 Å². The van der Waals surface area contributed by atoms with Gasteiger partial charge in [-0.15, -0.1) is 0 Å². The molecule has 0 saturated carbocycles. The summed E-state index contributed by atoms with van der Waals surface area (Å²) in [5.74, 6) is 0.0483. The van der Waals surface area contributed by atoms with E-state index in [9.17, 15) is 19.7 Å². The highest BCUT2D eigenvalue weighted by atomic mass is 16.6. The molecule has 1 aromatic heterocycles. The van der Waals surface area contributed by atoms with Gasteiger partial charge in [0.2, 0.25) is 5.91 Å². The molecular formula is C17H17N3O5. The summed E-state index contributed by atoms with van der Waals surface area (Å²) in [7, 11) is 0. The summed E-state index contributed by atoms with van der Waals surface area (Å²) in [6.45, 7) is 1.06. The zero-order valence-corrected chi connectivity index (χ0v) is 13.4. The van der Waals surface area contributed by atoms with E-state index in [2.05, 4.69) is 0 Å². The molecule has 8 nitrogen and oxygen atoms in total. The number of piperidine rings is 1. The van der Waals surface area contributed by atoms with Gasteiger partial charge in [0.05, 0.1) is 4.92 Å². The van der Waals surface area contributed by atoms with Gasteiger partial charge in [0.1, 0.15) is 11.4 Å². The highest BCUT2D eigenvalue weighted by Crippen LogP contribution is 2.35. The maximum absolute atomic E-state index is 11.5. The van der Waals surface area contributed by atoms with E-state index in [4.69, 9.17) is 10.2 Å². The lowest BCUT2D eigenvalue weighted by atomic mass is 9.95. The number of hydrogen-bond acceptors (Lipinski definition) is 6. The van der Waals surface area contributed by atoms with Crippen LogP contribution in [0.2, 0.25) is 0 Å². The van der Waals surface area contributed by atoms with E-state index >= 15 is 0 Å². The molecule has 0 radical (unpaired) electrons. The molecule has 1 aliphatic rings. The summed E-state index contributed by atoms with van der Waals surface area (Å²) < 4.78 is 5.32. The third-order valence-electron chi connectivity index (χ3n) is 4.44. The number of aldehydes is 1. The fraction of sp³-hybridized carbons (Fsp3) is 0.294. The monoisotopic (exact) mass is 343 g/mol. The molecule has 0 atom stereocenters. The molecule has 0 bridgehead atoms. The van der Waals surface area contributed by atoms with Crippen LogP contribution in [0.15, 0.2) is 34.7 Å². The molecule has 1 aromatic carbocycles. The van der Waals surface area contributed by atoms with Crippen LogP contribution >= 0.6 is 0 Å². The molecule has 2 N–H and O–H groups in total. The van der Waals surface area contributed by atoms with Gasteiger partial charge in [-0.05, 0) is 37.1 Å². The van der Waals surface area contributed by atoms with Gasteiger partial charge in [-0.3, -0.25) is 19.7 Å². The number of hydrogen-bond donors (Lipinski definition) is 1. The Morgan fingerprint density at radius 2 is 2.00 bits per heavy atom. The normalized spacial score (nSPS) is 15.1. The molecule has 25 heavy (non-hydrogen) atoms. The van der Waals surface area contributed by atoms with E-state index in [-0.39, 0.29) is 23.3 Å². The summed E-state index contributed by atoms with van der Waals surface area (Å²) >= 11 is 0. The van der Waals surface area contributed by atoms with Crippen molar-refractivity contribution < 1.29 is 18.9 Å². The third-order valence-corrected chi connectivity index (χ3v) is 4.44. The van der Waals surface area contributed by atoms with Crippen molar-refractivity contribution in [2.75, 3.05) is 18.0 Å². The first-order valence-corrected chi connectivity index (χ1v) is 7.87.